The van der Waals surface area contributed by atoms with Gasteiger partial charge in [0.2, 0.25) is 0 Å². The molecule has 0 spiro atoms. The Morgan fingerprint density at radius 3 is 2.85 bits per heavy atom. The van der Waals surface area contributed by atoms with E-state index in [4.69, 9.17) is 0 Å². The Labute approximate surface area is 199 Å². The van der Waals surface area contributed by atoms with Crippen molar-refractivity contribution in [1.82, 2.24) is 29.5 Å². The molecule has 2 aromatic carbocycles. The van der Waals surface area contributed by atoms with Gasteiger partial charge in [0.25, 0.3) is 0 Å². The number of fused-ring (bicyclic) bond motifs is 3. The van der Waals surface area contributed by atoms with Crippen molar-refractivity contribution in [2.75, 3.05) is 5.32 Å². The fourth-order valence-electron chi connectivity index (χ4n) is 3.81. The molecular weight excluding hydrogens is 450 g/mol. The van der Waals surface area contributed by atoms with Gasteiger partial charge in [0, 0.05) is 23.0 Å². The molecule has 1 aliphatic rings. The van der Waals surface area contributed by atoms with Gasteiger partial charge in [-0.2, -0.15) is 0 Å². The Hall–Kier alpha value is -3.43. The van der Waals surface area contributed by atoms with E-state index in [0.29, 0.717) is 6.54 Å². The Balaban J connectivity index is 1.24. The van der Waals surface area contributed by atoms with Gasteiger partial charge in [-0.15, -0.1) is 0 Å². The molecule has 0 amide bonds. The monoisotopic (exact) mass is 469 g/mol. The summed E-state index contributed by atoms with van der Waals surface area (Å²) in [6, 6.07) is 15.0. The van der Waals surface area contributed by atoms with Crippen molar-refractivity contribution in [2.24, 2.45) is 0 Å². The van der Waals surface area contributed by atoms with Crippen LogP contribution in [0.1, 0.15) is 16.7 Å². The molecule has 162 valence electrons. The van der Waals surface area contributed by atoms with Crippen LogP contribution < -0.4 is 5.32 Å². The molecule has 1 N–H and O–H groups in total. The van der Waals surface area contributed by atoms with Gasteiger partial charge in [0.15, 0.2) is 11.5 Å². The normalized spacial score (nSPS) is 12.3. The summed E-state index contributed by atoms with van der Waals surface area (Å²) < 4.78 is 2.07. The number of aromatic nitrogens is 6. The van der Waals surface area contributed by atoms with E-state index in [0.717, 1.165) is 48.9 Å². The molecule has 6 rings (SSSR count). The van der Waals surface area contributed by atoms with Gasteiger partial charge in [0.1, 0.15) is 21.9 Å². The number of anilines is 2. The number of hydrogen-bond acceptors (Lipinski definition) is 8. The number of thioether (sulfide) groups is 1. The molecule has 0 fully saturated rings. The van der Waals surface area contributed by atoms with Crippen LogP contribution in [0.25, 0.3) is 11.2 Å². The van der Waals surface area contributed by atoms with Crippen LogP contribution >= 0.6 is 23.5 Å². The number of benzene rings is 2. The first-order valence-electron chi connectivity index (χ1n) is 10.5. The van der Waals surface area contributed by atoms with Crippen LogP contribution in [0.4, 0.5) is 11.5 Å². The van der Waals surface area contributed by atoms with Crippen LogP contribution in [0.3, 0.4) is 0 Å². The maximum atomic E-state index is 4.64. The summed E-state index contributed by atoms with van der Waals surface area (Å²) in [6.07, 6.45) is 6.89. The van der Waals surface area contributed by atoms with Gasteiger partial charge in [-0.1, -0.05) is 59.4 Å². The second kappa shape index (κ2) is 8.49. The Morgan fingerprint density at radius 1 is 0.970 bits per heavy atom. The molecule has 0 atom stereocenters. The quantitative estimate of drug-likeness (QED) is 0.263. The highest BCUT2D eigenvalue weighted by molar-refractivity contribution is 7.99. The van der Waals surface area contributed by atoms with Gasteiger partial charge in [-0.25, -0.2) is 24.9 Å². The lowest BCUT2D eigenvalue weighted by Crippen LogP contribution is -2.05. The molecular formula is C24H19N7S2. The molecule has 0 saturated heterocycles. The van der Waals surface area contributed by atoms with Crippen molar-refractivity contribution >= 4 is 46.2 Å². The average molecular weight is 470 g/mol. The molecule has 3 aromatic heterocycles. The van der Waals surface area contributed by atoms with E-state index in [1.807, 2.05) is 6.33 Å². The lowest BCUT2D eigenvalue weighted by Gasteiger charge is -2.19. The summed E-state index contributed by atoms with van der Waals surface area (Å²) in [6.45, 7) is 2.78. The van der Waals surface area contributed by atoms with Crippen molar-refractivity contribution < 1.29 is 0 Å². The molecule has 0 unspecified atom stereocenters. The predicted octanol–water partition coefficient (Wildman–Crippen LogP) is 5.47. The maximum Gasteiger partial charge on any atom is 0.164 e. The highest BCUT2D eigenvalue weighted by Crippen LogP contribution is 2.42. The third-order valence-electron chi connectivity index (χ3n) is 5.35. The molecule has 5 aromatic rings. The van der Waals surface area contributed by atoms with Crippen molar-refractivity contribution in [1.29, 1.82) is 0 Å². The third kappa shape index (κ3) is 4.05. The second-order valence-electron chi connectivity index (χ2n) is 7.77. The van der Waals surface area contributed by atoms with E-state index in [-0.39, 0.29) is 0 Å². The molecule has 1 aliphatic heterocycles. The summed E-state index contributed by atoms with van der Waals surface area (Å²) >= 11 is 3.32. The molecule has 0 aliphatic carbocycles. The summed E-state index contributed by atoms with van der Waals surface area (Å²) in [7, 11) is 0. The van der Waals surface area contributed by atoms with Crippen LogP contribution in [-0.4, -0.2) is 29.5 Å². The van der Waals surface area contributed by atoms with Crippen LogP contribution in [-0.2, 0) is 12.3 Å². The molecule has 0 saturated carbocycles. The highest BCUT2D eigenvalue weighted by Gasteiger charge is 2.18. The van der Waals surface area contributed by atoms with Crippen LogP contribution in [0.5, 0.6) is 0 Å². The van der Waals surface area contributed by atoms with Crippen LogP contribution in [0.2, 0.25) is 0 Å². The number of aryl methyl sites for hydroxylation is 1. The minimum Gasteiger partial charge on any atom is -0.337 e. The lowest BCUT2D eigenvalue weighted by molar-refractivity contribution is 0.811. The number of nitrogens with zero attached hydrogens (tertiary/aromatic N) is 6. The molecule has 7 nitrogen and oxygen atoms in total. The summed E-state index contributed by atoms with van der Waals surface area (Å²) in [4.78, 5) is 23.6. The largest absolute Gasteiger partial charge is 0.337 e. The van der Waals surface area contributed by atoms with E-state index in [2.05, 4.69) is 84.2 Å². The van der Waals surface area contributed by atoms with E-state index < -0.39 is 0 Å². The SMILES string of the molecule is Cc1cccc(CSc2ncnc3c2ncn3Cc2ccc3c(c2)Nc2nccnc2S3)c1. The number of rotatable bonds is 5. The second-order valence-corrected chi connectivity index (χ2v) is 9.76. The Kier molecular flexibility index (Phi) is 5.20. The van der Waals surface area contributed by atoms with E-state index in [1.165, 1.54) is 11.1 Å². The van der Waals surface area contributed by atoms with Gasteiger partial charge >= 0.3 is 0 Å². The zero-order valence-electron chi connectivity index (χ0n) is 17.8. The highest BCUT2D eigenvalue weighted by atomic mass is 32.2. The molecule has 0 bridgehead atoms. The third-order valence-corrected chi connectivity index (χ3v) is 7.46. The Morgan fingerprint density at radius 2 is 1.91 bits per heavy atom. The number of nitrogens with one attached hydrogen (secondary N) is 1. The molecule has 9 heteroatoms. The molecule has 33 heavy (non-hydrogen) atoms. The predicted molar refractivity (Wildman–Crippen MR) is 131 cm³/mol. The minimum absolute atomic E-state index is 0.669. The van der Waals surface area contributed by atoms with Gasteiger partial charge in [-0.05, 0) is 30.2 Å². The van der Waals surface area contributed by atoms with Crippen LogP contribution in [0.15, 0.2) is 82.5 Å². The first-order chi connectivity index (χ1) is 16.2. The van der Waals surface area contributed by atoms with Crippen molar-refractivity contribution in [3.05, 3.63) is 84.2 Å². The summed E-state index contributed by atoms with van der Waals surface area (Å²) in [5, 5.41) is 5.19. The smallest absolute Gasteiger partial charge is 0.164 e. The zero-order valence-corrected chi connectivity index (χ0v) is 19.4. The van der Waals surface area contributed by atoms with E-state index in [1.54, 1.807) is 42.2 Å². The summed E-state index contributed by atoms with van der Waals surface area (Å²) in [5.74, 6) is 1.64. The van der Waals surface area contributed by atoms with Gasteiger partial charge in [0.05, 0.1) is 18.6 Å². The number of imidazole rings is 1. The van der Waals surface area contributed by atoms with Crippen molar-refractivity contribution in [3.63, 3.8) is 0 Å². The first kappa shape index (κ1) is 20.2. The average Bonchev–Trinajstić information content (AvgIpc) is 3.25. The maximum absolute atomic E-state index is 4.64. The van der Waals surface area contributed by atoms with Gasteiger partial charge in [-0.3, -0.25) is 0 Å². The first-order valence-corrected chi connectivity index (χ1v) is 12.3. The standard InChI is InChI=1S/C24H19N7S2/c1-15-3-2-4-17(9-15)12-32-23-20-22(27-13-28-23)31(14-29-20)11-16-5-6-19-18(10-16)30-21-24(33-19)26-8-7-25-21/h2-10,13-14H,11-12H2,1H3,(H,25,30). The molecule has 0 radical (unpaired) electrons. The molecule has 4 heterocycles. The van der Waals surface area contributed by atoms with Crippen molar-refractivity contribution in [2.45, 2.75) is 34.2 Å². The number of hydrogen-bond donors (Lipinski definition) is 1. The zero-order chi connectivity index (χ0) is 22.2. The topological polar surface area (TPSA) is 81.4 Å². The summed E-state index contributed by atoms with van der Waals surface area (Å²) in [5.41, 5.74) is 6.41. The lowest BCUT2D eigenvalue weighted by atomic mass is 10.2. The van der Waals surface area contributed by atoms with Crippen molar-refractivity contribution in [3.8, 4) is 0 Å². The van der Waals surface area contributed by atoms with E-state index >= 15 is 0 Å². The fourth-order valence-corrected chi connectivity index (χ4v) is 5.57. The van der Waals surface area contributed by atoms with Crippen LogP contribution in [0, 0.1) is 6.92 Å². The van der Waals surface area contributed by atoms with Gasteiger partial charge < -0.3 is 9.88 Å². The Bertz CT molecular complexity index is 1480. The van der Waals surface area contributed by atoms with E-state index in [9.17, 15) is 0 Å². The fraction of sp³-hybridized carbons (Fsp3) is 0.125. The minimum atomic E-state index is 0.669.